The second kappa shape index (κ2) is 10.7. The van der Waals surface area contributed by atoms with Crippen molar-refractivity contribution in [1.82, 2.24) is 25.3 Å². The summed E-state index contributed by atoms with van der Waals surface area (Å²) in [5, 5.41) is 11.0. The third-order valence-corrected chi connectivity index (χ3v) is 4.61. The Balaban J connectivity index is 1.44. The van der Waals surface area contributed by atoms with E-state index >= 15 is 0 Å². The molecule has 3 heterocycles. The lowest BCUT2D eigenvalue weighted by molar-refractivity contribution is 0.0376. The topological polar surface area (TPSA) is 79.9 Å². The number of hydrogen-bond donors (Lipinski definition) is 2. The first-order valence-electron chi connectivity index (χ1n) is 9.63. The van der Waals surface area contributed by atoms with Gasteiger partial charge in [0, 0.05) is 45.8 Å². The smallest absolute Gasteiger partial charge is 0.191 e. The van der Waals surface area contributed by atoms with Crippen molar-refractivity contribution in [3.05, 3.63) is 42.1 Å². The number of aromatic nitrogens is 2. The van der Waals surface area contributed by atoms with Gasteiger partial charge in [-0.25, -0.2) is 4.99 Å². The molecule has 0 unspecified atom stereocenters. The van der Waals surface area contributed by atoms with Gasteiger partial charge in [-0.2, -0.15) is 5.10 Å². The Labute approximate surface area is 160 Å². The van der Waals surface area contributed by atoms with Gasteiger partial charge in [0.2, 0.25) is 0 Å². The number of ether oxygens (including phenoxy) is 1. The number of aryl methyl sites for hydroxylation is 1. The maximum atomic E-state index is 5.39. The second-order valence-corrected chi connectivity index (χ2v) is 6.60. The summed E-state index contributed by atoms with van der Waals surface area (Å²) in [6.45, 7) is 7.08. The SMILES string of the molecule is Cn1nccc1CN=C(NCCCN1CCOCC1)NCCc1ccco1. The van der Waals surface area contributed by atoms with Crippen LogP contribution in [0.25, 0.3) is 0 Å². The lowest BCUT2D eigenvalue weighted by atomic mass is 10.3. The minimum atomic E-state index is 0.593. The molecule has 2 aromatic rings. The summed E-state index contributed by atoms with van der Waals surface area (Å²) in [6, 6.07) is 5.89. The Morgan fingerprint density at radius 3 is 2.81 bits per heavy atom. The lowest BCUT2D eigenvalue weighted by Gasteiger charge is -2.26. The molecule has 8 nitrogen and oxygen atoms in total. The van der Waals surface area contributed by atoms with E-state index in [1.807, 2.05) is 29.9 Å². The van der Waals surface area contributed by atoms with E-state index in [1.165, 1.54) is 0 Å². The highest BCUT2D eigenvalue weighted by Gasteiger charge is 2.09. The van der Waals surface area contributed by atoms with Crippen molar-refractivity contribution < 1.29 is 9.15 Å². The van der Waals surface area contributed by atoms with Crippen molar-refractivity contribution in [2.24, 2.45) is 12.0 Å². The van der Waals surface area contributed by atoms with Crippen LogP contribution < -0.4 is 10.6 Å². The molecule has 8 heteroatoms. The molecule has 1 saturated heterocycles. The lowest BCUT2D eigenvalue weighted by Crippen LogP contribution is -2.41. The fraction of sp³-hybridized carbons (Fsp3) is 0.579. The summed E-state index contributed by atoms with van der Waals surface area (Å²) in [4.78, 5) is 7.15. The average Bonchev–Trinajstić information content (AvgIpc) is 3.35. The van der Waals surface area contributed by atoms with Gasteiger partial charge in [0.05, 0.1) is 31.7 Å². The zero-order chi connectivity index (χ0) is 18.7. The van der Waals surface area contributed by atoms with E-state index in [9.17, 15) is 0 Å². The molecule has 148 valence electrons. The Kier molecular flexibility index (Phi) is 7.73. The quantitative estimate of drug-likeness (QED) is 0.387. The minimum absolute atomic E-state index is 0.593. The fourth-order valence-corrected chi connectivity index (χ4v) is 2.98. The molecule has 27 heavy (non-hydrogen) atoms. The third-order valence-electron chi connectivity index (χ3n) is 4.61. The molecule has 0 atom stereocenters. The van der Waals surface area contributed by atoms with Gasteiger partial charge in [0.25, 0.3) is 0 Å². The number of morpholine rings is 1. The van der Waals surface area contributed by atoms with Crippen molar-refractivity contribution in [1.29, 1.82) is 0 Å². The zero-order valence-corrected chi connectivity index (χ0v) is 16.1. The van der Waals surface area contributed by atoms with Gasteiger partial charge in [-0.05, 0) is 31.2 Å². The maximum absolute atomic E-state index is 5.39. The number of nitrogens with one attached hydrogen (secondary N) is 2. The van der Waals surface area contributed by atoms with Crippen LogP contribution in [0.15, 0.2) is 40.1 Å². The molecule has 0 aromatic carbocycles. The predicted octanol–water partition coefficient (Wildman–Crippen LogP) is 1.01. The molecule has 2 N–H and O–H groups in total. The van der Waals surface area contributed by atoms with Gasteiger partial charge >= 0.3 is 0 Å². The van der Waals surface area contributed by atoms with E-state index in [0.29, 0.717) is 6.54 Å². The van der Waals surface area contributed by atoms with Crippen LogP contribution in [0.4, 0.5) is 0 Å². The van der Waals surface area contributed by atoms with E-state index in [1.54, 1.807) is 12.5 Å². The second-order valence-electron chi connectivity index (χ2n) is 6.60. The number of nitrogens with zero attached hydrogens (tertiary/aromatic N) is 4. The van der Waals surface area contributed by atoms with Crippen molar-refractivity contribution in [3.63, 3.8) is 0 Å². The van der Waals surface area contributed by atoms with Crippen molar-refractivity contribution >= 4 is 5.96 Å². The summed E-state index contributed by atoms with van der Waals surface area (Å²) in [7, 11) is 1.94. The summed E-state index contributed by atoms with van der Waals surface area (Å²) in [5.74, 6) is 1.80. The molecule has 1 aliphatic heterocycles. The van der Waals surface area contributed by atoms with Crippen LogP contribution in [-0.2, 0) is 24.8 Å². The standard InChI is InChI=1S/C19H30N6O2/c1-24-17(5-9-23-24)16-22-19(21-8-6-18-4-2-13-27-18)20-7-3-10-25-11-14-26-15-12-25/h2,4-5,9,13H,3,6-8,10-12,14-16H2,1H3,(H2,20,21,22). The van der Waals surface area contributed by atoms with E-state index in [-0.39, 0.29) is 0 Å². The summed E-state index contributed by atoms with van der Waals surface area (Å²) < 4.78 is 12.6. The first-order valence-corrected chi connectivity index (χ1v) is 9.63. The van der Waals surface area contributed by atoms with Gasteiger partial charge in [-0.1, -0.05) is 0 Å². The van der Waals surface area contributed by atoms with Crippen molar-refractivity contribution in [2.45, 2.75) is 19.4 Å². The molecule has 0 bridgehead atoms. The highest BCUT2D eigenvalue weighted by atomic mass is 16.5. The summed E-state index contributed by atoms with van der Waals surface area (Å²) in [6.07, 6.45) is 5.40. The Morgan fingerprint density at radius 1 is 1.22 bits per heavy atom. The van der Waals surface area contributed by atoms with Crippen LogP contribution in [0.5, 0.6) is 0 Å². The average molecular weight is 374 g/mol. The van der Waals surface area contributed by atoms with Crippen LogP contribution in [0.3, 0.4) is 0 Å². The van der Waals surface area contributed by atoms with E-state index in [2.05, 4.69) is 20.6 Å². The van der Waals surface area contributed by atoms with Gasteiger partial charge in [0.1, 0.15) is 5.76 Å². The largest absolute Gasteiger partial charge is 0.469 e. The molecule has 0 saturated carbocycles. The fourth-order valence-electron chi connectivity index (χ4n) is 2.98. The summed E-state index contributed by atoms with van der Waals surface area (Å²) in [5.41, 5.74) is 1.08. The first kappa shape index (κ1) is 19.4. The highest BCUT2D eigenvalue weighted by Crippen LogP contribution is 2.01. The van der Waals surface area contributed by atoms with E-state index in [4.69, 9.17) is 14.1 Å². The van der Waals surface area contributed by atoms with Crippen LogP contribution in [0.2, 0.25) is 0 Å². The van der Waals surface area contributed by atoms with Gasteiger partial charge in [-0.3, -0.25) is 9.58 Å². The number of aliphatic imine (C=N–C) groups is 1. The van der Waals surface area contributed by atoms with Crippen molar-refractivity contribution in [3.8, 4) is 0 Å². The molecule has 0 spiro atoms. The van der Waals surface area contributed by atoms with Crippen molar-refractivity contribution in [2.75, 3.05) is 45.9 Å². The first-order chi connectivity index (χ1) is 13.3. The van der Waals surface area contributed by atoms with E-state index < -0.39 is 0 Å². The number of guanidine groups is 1. The normalized spacial score (nSPS) is 15.8. The number of furan rings is 1. The Hall–Kier alpha value is -2.32. The predicted molar refractivity (Wildman–Crippen MR) is 105 cm³/mol. The minimum Gasteiger partial charge on any atom is -0.469 e. The Bertz CT molecular complexity index is 676. The molecule has 0 aliphatic carbocycles. The summed E-state index contributed by atoms with van der Waals surface area (Å²) >= 11 is 0. The van der Waals surface area contributed by atoms with Gasteiger partial charge in [-0.15, -0.1) is 0 Å². The molecular formula is C19H30N6O2. The molecule has 2 aromatic heterocycles. The molecule has 0 radical (unpaired) electrons. The monoisotopic (exact) mass is 374 g/mol. The molecule has 3 rings (SSSR count). The van der Waals surface area contributed by atoms with Crippen LogP contribution in [0, 0.1) is 0 Å². The molecule has 1 aliphatic rings. The van der Waals surface area contributed by atoms with Crippen LogP contribution in [-0.4, -0.2) is 66.6 Å². The van der Waals surface area contributed by atoms with Crippen LogP contribution in [0.1, 0.15) is 17.9 Å². The zero-order valence-electron chi connectivity index (χ0n) is 16.1. The Morgan fingerprint density at radius 2 is 2.07 bits per heavy atom. The number of rotatable bonds is 9. The maximum Gasteiger partial charge on any atom is 0.191 e. The van der Waals surface area contributed by atoms with E-state index in [0.717, 1.165) is 76.2 Å². The third kappa shape index (κ3) is 6.73. The molecular weight excluding hydrogens is 344 g/mol. The molecule has 1 fully saturated rings. The van der Waals surface area contributed by atoms with Crippen LogP contribution >= 0.6 is 0 Å². The number of hydrogen-bond acceptors (Lipinski definition) is 5. The molecule has 0 amide bonds. The highest BCUT2D eigenvalue weighted by molar-refractivity contribution is 5.79. The van der Waals surface area contributed by atoms with Gasteiger partial charge in [0.15, 0.2) is 5.96 Å². The van der Waals surface area contributed by atoms with Gasteiger partial charge < -0.3 is 19.8 Å².